The first-order valence-corrected chi connectivity index (χ1v) is 7.12. The molecule has 2 nitrogen and oxygen atoms in total. The largest absolute Gasteiger partial charge is 0.352 e. The molecule has 1 aliphatic rings. The Morgan fingerprint density at radius 3 is 2.94 bits per heavy atom. The number of amides is 1. The van der Waals surface area contributed by atoms with Crippen LogP contribution in [0.4, 0.5) is 0 Å². The highest BCUT2D eigenvalue weighted by Gasteiger charge is 2.13. The molecule has 0 aliphatic heterocycles. The maximum Gasteiger partial charge on any atom is 0.251 e. The molecule has 0 radical (unpaired) electrons. The van der Waals surface area contributed by atoms with Crippen LogP contribution in [0.1, 0.15) is 41.3 Å². The first kappa shape index (κ1) is 12.6. The van der Waals surface area contributed by atoms with Crippen molar-refractivity contribution in [3.63, 3.8) is 0 Å². The summed E-state index contributed by atoms with van der Waals surface area (Å²) in [6, 6.07) is 6.09. The number of carbonyl (C=O) groups excluding carboxylic acids is 1. The monoisotopic (exact) mass is 295 g/mol. The summed E-state index contributed by atoms with van der Waals surface area (Å²) >= 11 is 3.47. The number of hydrogen-bond acceptors (Lipinski definition) is 1. The van der Waals surface area contributed by atoms with Gasteiger partial charge in [0.15, 0.2) is 0 Å². The number of halogens is 1. The zero-order valence-corrected chi connectivity index (χ0v) is 11.7. The van der Waals surface area contributed by atoms with Gasteiger partial charge in [-0.1, -0.05) is 28.9 Å². The van der Waals surface area contributed by atoms with Crippen molar-refractivity contribution in [3.05, 3.63) is 34.9 Å². The molecular formula is C14H18BrNO. The average molecular weight is 296 g/mol. The molecule has 17 heavy (non-hydrogen) atoms. The SMILES string of the molecule is CC(Br)CCNC(=O)c1ccc2c(c1)CCC2. The lowest BCUT2D eigenvalue weighted by atomic mass is 10.1. The van der Waals surface area contributed by atoms with E-state index in [1.54, 1.807) is 0 Å². The fraction of sp³-hybridized carbons (Fsp3) is 0.500. The normalized spacial score (nSPS) is 15.4. The first-order chi connectivity index (χ1) is 8.16. The van der Waals surface area contributed by atoms with Gasteiger partial charge in [0.1, 0.15) is 0 Å². The lowest BCUT2D eigenvalue weighted by molar-refractivity contribution is 0.0953. The summed E-state index contributed by atoms with van der Waals surface area (Å²) in [6.07, 6.45) is 4.46. The molecule has 0 bridgehead atoms. The minimum atomic E-state index is 0.0489. The Morgan fingerprint density at radius 2 is 2.18 bits per heavy atom. The molecule has 1 amide bonds. The van der Waals surface area contributed by atoms with Crippen LogP contribution in [0.3, 0.4) is 0 Å². The van der Waals surface area contributed by atoms with Crippen molar-refractivity contribution in [2.24, 2.45) is 0 Å². The number of nitrogens with one attached hydrogen (secondary N) is 1. The lowest BCUT2D eigenvalue weighted by Gasteiger charge is -2.07. The van der Waals surface area contributed by atoms with Crippen molar-refractivity contribution in [1.29, 1.82) is 0 Å². The second-order valence-corrected chi connectivity index (χ2v) is 6.23. The Balaban J connectivity index is 1.95. The van der Waals surface area contributed by atoms with Crippen molar-refractivity contribution in [3.8, 4) is 0 Å². The predicted octanol–water partition coefficient (Wildman–Crippen LogP) is 3.08. The standard InChI is InChI=1S/C14H18BrNO/c1-10(15)7-8-16-14(17)13-6-5-11-3-2-4-12(11)9-13/h5-6,9-10H,2-4,7-8H2,1H3,(H,16,17). The van der Waals surface area contributed by atoms with Crippen molar-refractivity contribution in [2.45, 2.75) is 37.4 Å². The second-order valence-electron chi connectivity index (χ2n) is 4.66. The summed E-state index contributed by atoms with van der Waals surface area (Å²) in [5, 5.41) is 2.95. The van der Waals surface area contributed by atoms with Crippen LogP contribution in [-0.4, -0.2) is 17.3 Å². The molecule has 1 atom stereocenters. The van der Waals surface area contributed by atoms with Gasteiger partial charge in [-0.2, -0.15) is 0 Å². The topological polar surface area (TPSA) is 29.1 Å². The van der Waals surface area contributed by atoms with Crippen LogP contribution < -0.4 is 5.32 Å². The van der Waals surface area contributed by atoms with Crippen LogP contribution in [-0.2, 0) is 12.8 Å². The van der Waals surface area contributed by atoms with Crippen LogP contribution in [0, 0.1) is 0 Å². The summed E-state index contributed by atoms with van der Waals surface area (Å²) in [4.78, 5) is 12.3. The lowest BCUT2D eigenvalue weighted by Crippen LogP contribution is -2.25. The van der Waals surface area contributed by atoms with E-state index >= 15 is 0 Å². The second kappa shape index (κ2) is 5.67. The highest BCUT2D eigenvalue weighted by atomic mass is 79.9. The summed E-state index contributed by atoms with van der Waals surface area (Å²) in [5.41, 5.74) is 3.56. The molecular weight excluding hydrogens is 278 g/mol. The highest BCUT2D eigenvalue weighted by molar-refractivity contribution is 9.09. The number of rotatable bonds is 4. The van der Waals surface area contributed by atoms with Gasteiger partial charge in [0.25, 0.3) is 5.91 Å². The van der Waals surface area contributed by atoms with Gasteiger partial charge in [-0.05, 0) is 48.9 Å². The van der Waals surface area contributed by atoms with E-state index in [9.17, 15) is 4.79 Å². The zero-order chi connectivity index (χ0) is 12.3. The molecule has 3 heteroatoms. The molecule has 1 aromatic carbocycles. The minimum absolute atomic E-state index is 0.0489. The molecule has 1 N–H and O–H groups in total. The molecule has 1 unspecified atom stereocenters. The fourth-order valence-corrected chi connectivity index (χ4v) is 2.43. The van der Waals surface area contributed by atoms with E-state index < -0.39 is 0 Å². The van der Waals surface area contributed by atoms with Crippen molar-refractivity contribution in [2.75, 3.05) is 6.54 Å². The zero-order valence-electron chi connectivity index (χ0n) is 10.1. The van der Waals surface area contributed by atoms with Gasteiger partial charge in [0.2, 0.25) is 0 Å². The molecule has 92 valence electrons. The van der Waals surface area contributed by atoms with Gasteiger partial charge in [0.05, 0.1) is 0 Å². The summed E-state index contributed by atoms with van der Waals surface area (Å²) < 4.78 is 0. The Kier molecular flexibility index (Phi) is 4.21. The quantitative estimate of drug-likeness (QED) is 0.850. The number of aryl methyl sites for hydroxylation is 2. The maximum atomic E-state index is 11.9. The van der Waals surface area contributed by atoms with Crippen LogP contribution in [0.15, 0.2) is 18.2 Å². The van der Waals surface area contributed by atoms with Gasteiger partial charge in [-0.3, -0.25) is 4.79 Å². The number of fused-ring (bicyclic) bond motifs is 1. The third-order valence-electron chi connectivity index (χ3n) is 3.19. The summed E-state index contributed by atoms with van der Waals surface area (Å²) in [5.74, 6) is 0.0489. The third kappa shape index (κ3) is 3.32. The van der Waals surface area contributed by atoms with E-state index in [4.69, 9.17) is 0 Å². The van der Waals surface area contributed by atoms with Gasteiger partial charge < -0.3 is 5.32 Å². The van der Waals surface area contributed by atoms with Crippen LogP contribution in [0.25, 0.3) is 0 Å². The minimum Gasteiger partial charge on any atom is -0.352 e. The third-order valence-corrected chi connectivity index (χ3v) is 3.65. The Hall–Kier alpha value is -0.830. The van der Waals surface area contributed by atoms with Gasteiger partial charge in [-0.25, -0.2) is 0 Å². The molecule has 0 aromatic heterocycles. The molecule has 0 spiro atoms. The molecule has 1 aliphatic carbocycles. The molecule has 0 fully saturated rings. The van der Waals surface area contributed by atoms with Crippen LogP contribution in [0.5, 0.6) is 0 Å². The average Bonchev–Trinajstić information content (AvgIpc) is 2.75. The van der Waals surface area contributed by atoms with Crippen molar-refractivity contribution < 1.29 is 4.79 Å². The van der Waals surface area contributed by atoms with Gasteiger partial charge in [0, 0.05) is 16.9 Å². The Bertz CT molecular complexity index is 415. The molecule has 1 aromatic rings. The first-order valence-electron chi connectivity index (χ1n) is 6.21. The highest BCUT2D eigenvalue weighted by Crippen LogP contribution is 2.22. The predicted molar refractivity (Wildman–Crippen MR) is 73.8 cm³/mol. The van der Waals surface area contributed by atoms with Crippen molar-refractivity contribution >= 4 is 21.8 Å². The Morgan fingerprint density at radius 1 is 1.41 bits per heavy atom. The van der Waals surface area contributed by atoms with E-state index in [1.165, 1.54) is 24.0 Å². The van der Waals surface area contributed by atoms with Crippen molar-refractivity contribution in [1.82, 2.24) is 5.32 Å². The van der Waals surface area contributed by atoms with E-state index in [0.717, 1.165) is 24.9 Å². The molecule has 0 saturated carbocycles. The number of hydrogen-bond donors (Lipinski definition) is 1. The number of benzene rings is 1. The molecule has 0 heterocycles. The number of carbonyl (C=O) groups is 1. The summed E-state index contributed by atoms with van der Waals surface area (Å²) in [7, 11) is 0. The number of alkyl halides is 1. The van der Waals surface area contributed by atoms with Crippen LogP contribution in [0.2, 0.25) is 0 Å². The van der Waals surface area contributed by atoms with E-state index in [1.807, 2.05) is 6.07 Å². The van der Waals surface area contributed by atoms with E-state index in [0.29, 0.717) is 4.83 Å². The van der Waals surface area contributed by atoms with E-state index in [-0.39, 0.29) is 5.91 Å². The van der Waals surface area contributed by atoms with Gasteiger partial charge in [-0.15, -0.1) is 0 Å². The fourth-order valence-electron chi connectivity index (χ4n) is 2.20. The van der Waals surface area contributed by atoms with Crippen LogP contribution >= 0.6 is 15.9 Å². The summed E-state index contributed by atoms with van der Waals surface area (Å²) in [6.45, 7) is 2.81. The molecule has 0 saturated heterocycles. The molecule has 2 rings (SSSR count). The van der Waals surface area contributed by atoms with Gasteiger partial charge >= 0.3 is 0 Å². The van der Waals surface area contributed by atoms with E-state index in [2.05, 4.69) is 40.3 Å². The maximum absolute atomic E-state index is 11.9. The smallest absolute Gasteiger partial charge is 0.251 e. The Labute approximate surface area is 111 Å².